The number of hydrazine groups is 1. The van der Waals surface area contributed by atoms with Crippen molar-refractivity contribution in [2.45, 2.75) is 52.6 Å². The molecule has 2 rings (SSSR count). The summed E-state index contributed by atoms with van der Waals surface area (Å²) in [5.74, 6) is 5.19. The van der Waals surface area contributed by atoms with Crippen molar-refractivity contribution >= 4 is 17.2 Å². The molecular formula is C17H25N3O. The zero-order chi connectivity index (χ0) is 16.0. The second-order valence-corrected chi connectivity index (χ2v) is 6.87. The summed E-state index contributed by atoms with van der Waals surface area (Å²) in [6, 6.07) is 6.36. The Morgan fingerprint density at radius 1 is 1.29 bits per heavy atom. The number of nitrogens with one attached hydrogen (secondary N) is 1. The summed E-state index contributed by atoms with van der Waals surface area (Å²) in [6.45, 7) is 12.2. The van der Waals surface area contributed by atoms with Crippen molar-refractivity contribution in [2.75, 3.05) is 4.90 Å². The topological polar surface area (TPSA) is 58.4 Å². The number of anilines is 1. The molecule has 0 spiro atoms. The van der Waals surface area contributed by atoms with Gasteiger partial charge in [0.25, 0.3) is 5.91 Å². The Bertz CT molecular complexity index is 614. The highest BCUT2D eigenvalue weighted by Crippen LogP contribution is 2.43. The van der Waals surface area contributed by atoms with Crippen molar-refractivity contribution in [2.24, 2.45) is 5.84 Å². The average molecular weight is 287 g/mol. The minimum absolute atomic E-state index is 0.198. The van der Waals surface area contributed by atoms with Gasteiger partial charge in [-0.05, 0) is 58.7 Å². The Balaban J connectivity index is 2.70. The summed E-state index contributed by atoms with van der Waals surface area (Å²) in [7, 11) is 0. The van der Waals surface area contributed by atoms with E-state index >= 15 is 0 Å². The largest absolute Gasteiger partial charge is 0.348 e. The van der Waals surface area contributed by atoms with Gasteiger partial charge in [-0.1, -0.05) is 18.2 Å². The van der Waals surface area contributed by atoms with E-state index in [2.05, 4.69) is 62.3 Å². The number of aryl methyl sites for hydroxylation is 1. The van der Waals surface area contributed by atoms with E-state index < -0.39 is 5.54 Å². The van der Waals surface area contributed by atoms with Crippen LogP contribution in [0, 0.1) is 6.92 Å². The molecule has 1 aliphatic heterocycles. The highest BCUT2D eigenvalue weighted by atomic mass is 16.2. The number of rotatable bonds is 2. The Morgan fingerprint density at radius 2 is 1.90 bits per heavy atom. The second-order valence-electron chi connectivity index (χ2n) is 6.87. The first kappa shape index (κ1) is 15.6. The van der Waals surface area contributed by atoms with Gasteiger partial charge >= 0.3 is 0 Å². The van der Waals surface area contributed by atoms with Gasteiger partial charge in [0, 0.05) is 11.3 Å². The minimum atomic E-state index is -0.752. The van der Waals surface area contributed by atoms with Crippen LogP contribution < -0.4 is 16.2 Å². The number of amides is 1. The van der Waals surface area contributed by atoms with Gasteiger partial charge in [0.15, 0.2) is 0 Å². The molecule has 21 heavy (non-hydrogen) atoms. The molecule has 0 fully saturated rings. The van der Waals surface area contributed by atoms with Crippen molar-refractivity contribution in [3.63, 3.8) is 0 Å². The molecule has 0 radical (unpaired) electrons. The fourth-order valence-corrected chi connectivity index (χ4v) is 3.44. The molecule has 1 aromatic rings. The van der Waals surface area contributed by atoms with Crippen LogP contribution >= 0.6 is 0 Å². The highest BCUT2D eigenvalue weighted by molar-refractivity contribution is 5.92. The third-order valence-corrected chi connectivity index (χ3v) is 4.21. The van der Waals surface area contributed by atoms with Crippen molar-refractivity contribution in [1.29, 1.82) is 0 Å². The molecule has 3 N–H and O–H groups in total. The standard InChI is InChI=1S/C17H25N3O/c1-11-7-8-13-12(2)10-16(3,4)20(14(13)9-11)17(5,6)15(21)19-18/h7-10H,18H2,1-6H3,(H,19,21). The zero-order valence-electron chi connectivity index (χ0n) is 13.7. The van der Waals surface area contributed by atoms with Gasteiger partial charge in [0.1, 0.15) is 5.54 Å². The van der Waals surface area contributed by atoms with Gasteiger partial charge in [0.2, 0.25) is 0 Å². The van der Waals surface area contributed by atoms with Gasteiger partial charge in [-0.15, -0.1) is 0 Å². The predicted molar refractivity (Wildman–Crippen MR) is 87.8 cm³/mol. The number of nitrogens with two attached hydrogens (primary N) is 1. The number of fused-ring (bicyclic) bond motifs is 1. The lowest BCUT2D eigenvalue weighted by Crippen LogP contribution is -2.63. The molecule has 4 heteroatoms. The van der Waals surface area contributed by atoms with Gasteiger partial charge in [0.05, 0.1) is 5.54 Å². The van der Waals surface area contributed by atoms with Crippen LogP contribution in [-0.2, 0) is 4.79 Å². The Morgan fingerprint density at radius 3 is 2.48 bits per heavy atom. The lowest BCUT2D eigenvalue weighted by molar-refractivity contribution is -0.125. The smallest absolute Gasteiger partial charge is 0.259 e. The Labute approximate surface area is 127 Å². The van der Waals surface area contributed by atoms with Crippen molar-refractivity contribution < 1.29 is 4.79 Å². The van der Waals surface area contributed by atoms with Crippen molar-refractivity contribution in [3.8, 4) is 0 Å². The van der Waals surface area contributed by atoms with Crippen molar-refractivity contribution in [3.05, 3.63) is 35.4 Å². The zero-order valence-corrected chi connectivity index (χ0v) is 13.7. The Kier molecular flexibility index (Phi) is 3.62. The average Bonchev–Trinajstić information content (AvgIpc) is 2.35. The Hall–Kier alpha value is -1.81. The maximum Gasteiger partial charge on any atom is 0.259 e. The second kappa shape index (κ2) is 4.88. The van der Waals surface area contributed by atoms with Gasteiger partial charge in [-0.3, -0.25) is 10.2 Å². The summed E-state index contributed by atoms with van der Waals surface area (Å²) < 4.78 is 0. The van der Waals surface area contributed by atoms with Gasteiger partial charge < -0.3 is 4.90 Å². The lowest BCUT2D eigenvalue weighted by Gasteiger charge is -2.51. The molecule has 114 valence electrons. The summed E-state index contributed by atoms with van der Waals surface area (Å²) in [4.78, 5) is 14.4. The van der Waals surface area contributed by atoms with E-state index in [4.69, 9.17) is 5.84 Å². The molecule has 0 saturated carbocycles. The maximum atomic E-state index is 12.3. The fourth-order valence-electron chi connectivity index (χ4n) is 3.44. The van der Waals surface area contributed by atoms with E-state index in [1.165, 1.54) is 11.1 Å². The van der Waals surface area contributed by atoms with E-state index in [-0.39, 0.29) is 11.4 Å². The third-order valence-electron chi connectivity index (χ3n) is 4.21. The first-order valence-electron chi connectivity index (χ1n) is 7.23. The lowest BCUT2D eigenvalue weighted by atomic mass is 9.83. The van der Waals surface area contributed by atoms with Gasteiger partial charge in [-0.25, -0.2) is 5.84 Å². The number of benzene rings is 1. The maximum absolute atomic E-state index is 12.3. The van der Waals surface area contributed by atoms with E-state index in [1.807, 2.05) is 13.8 Å². The van der Waals surface area contributed by atoms with E-state index in [9.17, 15) is 4.79 Å². The van der Waals surface area contributed by atoms with Crippen LogP contribution in [0.3, 0.4) is 0 Å². The number of nitrogens with zero attached hydrogens (tertiary/aromatic N) is 1. The molecule has 1 amide bonds. The number of allylic oxidation sites excluding steroid dienone is 1. The highest BCUT2D eigenvalue weighted by Gasteiger charge is 2.44. The number of carbonyl (C=O) groups excluding carboxylic acids is 1. The molecule has 0 unspecified atom stereocenters. The predicted octanol–water partition coefficient (Wildman–Crippen LogP) is 2.77. The molecule has 0 bridgehead atoms. The van der Waals surface area contributed by atoms with Gasteiger partial charge in [-0.2, -0.15) is 0 Å². The SMILES string of the molecule is CC1=CC(C)(C)N(C(C)(C)C(=O)NN)c2cc(C)ccc21. The molecule has 1 aromatic carbocycles. The minimum Gasteiger partial charge on any atom is -0.348 e. The molecule has 1 aliphatic rings. The van der Waals surface area contributed by atoms with E-state index in [0.29, 0.717) is 0 Å². The monoisotopic (exact) mass is 287 g/mol. The van der Waals surface area contributed by atoms with Crippen LogP contribution in [0.15, 0.2) is 24.3 Å². The normalized spacial score (nSPS) is 17.1. The summed E-state index contributed by atoms with van der Waals surface area (Å²) in [5.41, 5.74) is 5.91. The molecular weight excluding hydrogens is 262 g/mol. The molecule has 0 saturated heterocycles. The van der Waals surface area contributed by atoms with E-state index in [1.54, 1.807) is 0 Å². The van der Waals surface area contributed by atoms with Crippen LogP contribution in [0.25, 0.3) is 5.57 Å². The number of hydrogen-bond donors (Lipinski definition) is 2. The molecule has 4 nitrogen and oxygen atoms in total. The van der Waals surface area contributed by atoms with E-state index in [0.717, 1.165) is 11.3 Å². The van der Waals surface area contributed by atoms with Crippen LogP contribution in [0.1, 0.15) is 45.7 Å². The van der Waals surface area contributed by atoms with Crippen LogP contribution in [0.4, 0.5) is 5.69 Å². The molecule has 0 atom stereocenters. The van der Waals surface area contributed by atoms with Crippen LogP contribution in [0.2, 0.25) is 0 Å². The first-order valence-corrected chi connectivity index (χ1v) is 7.23. The fraction of sp³-hybridized carbons (Fsp3) is 0.471. The summed E-state index contributed by atoms with van der Waals surface area (Å²) in [6.07, 6.45) is 2.20. The quantitative estimate of drug-likeness (QED) is 0.499. The molecule has 0 aromatic heterocycles. The number of hydrogen-bond acceptors (Lipinski definition) is 3. The third kappa shape index (κ3) is 2.44. The first-order chi connectivity index (χ1) is 9.61. The summed E-state index contributed by atoms with van der Waals surface area (Å²) >= 11 is 0. The molecule has 1 heterocycles. The van der Waals surface area contributed by atoms with Crippen LogP contribution in [0.5, 0.6) is 0 Å². The van der Waals surface area contributed by atoms with Crippen molar-refractivity contribution in [1.82, 2.24) is 5.43 Å². The number of carbonyl (C=O) groups is 1. The van der Waals surface area contributed by atoms with Crippen LogP contribution in [-0.4, -0.2) is 17.0 Å². The molecule has 0 aliphatic carbocycles. The summed E-state index contributed by atoms with van der Waals surface area (Å²) in [5, 5.41) is 0.